The standard InChI is InChI=1S/C11H12F2N2O2S/c1-8-4-5-9(3-2-6-14)7-10(8)15-18(16,17)11(12)13/h4-5,7,11,15H,6,14H2,1H3. The summed E-state index contributed by atoms with van der Waals surface area (Å²) in [4.78, 5) is 0. The highest BCUT2D eigenvalue weighted by Crippen LogP contribution is 2.19. The second-order valence-corrected chi connectivity index (χ2v) is 5.09. The van der Waals surface area contributed by atoms with Gasteiger partial charge in [-0.3, -0.25) is 4.72 Å². The second kappa shape index (κ2) is 5.80. The molecule has 0 saturated carbocycles. The van der Waals surface area contributed by atoms with Gasteiger partial charge in [0, 0.05) is 5.56 Å². The molecule has 0 fully saturated rings. The van der Waals surface area contributed by atoms with Gasteiger partial charge in [0.25, 0.3) is 10.0 Å². The van der Waals surface area contributed by atoms with Crippen LogP contribution in [-0.4, -0.2) is 20.7 Å². The Kier molecular flexibility index (Phi) is 4.64. The van der Waals surface area contributed by atoms with Crippen LogP contribution in [0, 0.1) is 18.8 Å². The van der Waals surface area contributed by atoms with Crippen LogP contribution in [0.1, 0.15) is 11.1 Å². The van der Waals surface area contributed by atoms with Crippen molar-refractivity contribution in [3.8, 4) is 11.8 Å². The minimum absolute atomic E-state index is 0.0825. The van der Waals surface area contributed by atoms with Gasteiger partial charge in [0.2, 0.25) is 0 Å². The van der Waals surface area contributed by atoms with Gasteiger partial charge in [-0.2, -0.15) is 8.78 Å². The van der Waals surface area contributed by atoms with Gasteiger partial charge in [0.1, 0.15) is 0 Å². The SMILES string of the molecule is Cc1ccc(C#CCN)cc1NS(=O)(=O)C(F)F. The topological polar surface area (TPSA) is 72.2 Å². The van der Waals surface area contributed by atoms with E-state index in [1.54, 1.807) is 19.1 Å². The van der Waals surface area contributed by atoms with Crippen LogP contribution in [0.15, 0.2) is 18.2 Å². The van der Waals surface area contributed by atoms with Gasteiger partial charge in [0.15, 0.2) is 0 Å². The molecule has 3 N–H and O–H groups in total. The van der Waals surface area contributed by atoms with E-state index in [9.17, 15) is 17.2 Å². The molecule has 0 amide bonds. The van der Waals surface area contributed by atoms with Crippen molar-refractivity contribution in [1.82, 2.24) is 0 Å². The maximum Gasteiger partial charge on any atom is 0.355 e. The van der Waals surface area contributed by atoms with Crippen LogP contribution in [-0.2, 0) is 10.0 Å². The van der Waals surface area contributed by atoms with E-state index in [-0.39, 0.29) is 12.2 Å². The van der Waals surface area contributed by atoms with E-state index in [2.05, 4.69) is 11.8 Å². The van der Waals surface area contributed by atoms with E-state index < -0.39 is 15.8 Å². The number of rotatable bonds is 3. The highest BCUT2D eigenvalue weighted by atomic mass is 32.2. The minimum Gasteiger partial charge on any atom is -0.320 e. The van der Waals surface area contributed by atoms with Crippen molar-refractivity contribution in [3.05, 3.63) is 29.3 Å². The summed E-state index contributed by atoms with van der Waals surface area (Å²) in [5.74, 6) is 1.80. The number of hydrogen-bond donors (Lipinski definition) is 2. The molecule has 0 saturated heterocycles. The normalized spacial score (nSPS) is 10.9. The molecule has 7 heteroatoms. The van der Waals surface area contributed by atoms with Crippen LogP contribution < -0.4 is 10.5 Å². The lowest BCUT2D eigenvalue weighted by Crippen LogP contribution is -2.21. The number of alkyl halides is 2. The predicted octanol–water partition coefficient (Wildman–Crippen LogP) is 1.27. The molecule has 0 bridgehead atoms. The van der Waals surface area contributed by atoms with E-state index >= 15 is 0 Å². The zero-order valence-electron chi connectivity index (χ0n) is 9.57. The van der Waals surface area contributed by atoms with Gasteiger partial charge in [-0.1, -0.05) is 17.9 Å². The highest BCUT2D eigenvalue weighted by molar-refractivity contribution is 7.93. The van der Waals surface area contributed by atoms with E-state index in [1.165, 1.54) is 6.07 Å². The van der Waals surface area contributed by atoms with Gasteiger partial charge >= 0.3 is 5.76 Å². The monoisotopic (exact) mass is 274 g/mol. The Morgan fingerprint density at radius 2 is 2.11 bits per heavy atom. The molecule has 0 aliphatic heterocycles. The summed E-state index contributed by atoms with van der Waals surface area (Å²) in [6, 6.07) is 4.62. The Labute approximate surface area is 104 Å². The van der Waals surface area contributed by atoms with Crippen molar-refractivity contribution in [2.75, 3.05) is 11.3 Å². The molecule has 0 heterocycles. The number of benzene rings is 1. The summed E-state index contributed by atoms with van der Waals surface area (Å²) < 4.78 is 48.4. The van der Waals surface area contributed by atoms with Crippen molar-refractivity contribution in [2.45, 2.75) is 12.7 Å². The summed E-state index contributed by atoms with van der Waals surface area (Å²) >= 11 is 0. The average Bonchev–Trinajstić information content (AvgIpc) is 2.29. The van der Waals surface area contributed by atoms with E-state index in [0.717, 1.165) is 0 Å². The Balaban J connectivity index is 3.09. The third kappa shape index (κ3) is 3.68. The number of nitrogens with two attached hydrogens (primary N) is 1. The van der Waals surface area contributed by atoms with Crippen molar-refractivity contribution >= 4 is 15.7 Å². The lowest BCUT2D eigenvalue weighted by atomic mass is 10.1. The molecule has 0 aliphatic carbocycles. The van der Waals surface area contributed by atoms with Gasteiger partial charge in [-0.25, -0.2) is 8.42 Å². The van der Waals surface area contributed by atoms with Crippen LogP contribution >= 0.6 is 0 Å². The molecule has 4 nitrogen and oxygen atoms in total. The molecule has 18 heavy (non-hydrogen) atoms. The predicted molar refractivity (Wildman–Crippen MR) is 65.7 cm³/mol. The van der Waals surface area contributed by atoms with E-state index in [4.69, 9.17) is 5.73 Å². The lowest BCUT2D eigenvalue weighted by Gasteiger charge is -2.10. The molecule has 0 aliphatic rings. The fraction of sp³-hybridized carbons (Fsp3) is 0.273. The van der Waals surface area contributed by atoms with Crippen molar-refractivity contribution in [3.63, 3.8) is 0 Å². The number of aryl methyl sites for hydroxylation is 1. The summed E-state index contributed by atoms with van der Waals surface area (Å²) in [6.45, 7) is 1.76. The fourth-order valence-corrected chi connectivity index (χ4v) is 1.78. The first-order chi connectivity index (χ1) is 8.36. The number of sulfonamides is 1. The zero-order chi connectivity index (χ0) is 13.8. The largest absolute Gasteiger partial charge is 0.355 e. The molecule has 0 spiro atoms. The molecule has 0 unspecified atom stereocenters. The molecule has 1 aromatic carbocycles. The number of anilines is 1. The first kappa shape index (κ1) is 14.4. The van der Waals surface area contributed by atoms with Crippen molar-refractivity contribution < 1.29 is 17.2 Å². The van der Waals surface area contributed by atoms with Crippen LogP contribution in [0.4, 0.5) is 14.5 Å². The van der Waals surface area contributed by atoms with E-state index in [0.29, 0.717) is 11.1 Å². The summed E-state index contributed by atoms with van der Waals surface area (Å²) in [5, 5.41) is 0. The summed E-state index contributed by atoms with van der Waals surface area (Å²) in [5.41, 5.74) is 6.31. The Morgan fingerprint density at radius 3 is 2.67 bits per heavy atom. The third-order valence-electron chi connectivity index (χ3n) is 2.06. The molecular formula is C11H12F2N2O2S. The molecule has 98 valence electrons. The Bertz CT molecular complexity index is 589. The first-order valence-electron chi connectivity index (χ1n) is 4.96. The summed E-state index contributed by atoms with van der Waals surface area (Å²) in [7, 11) is -4.67. The molecule has 1 aromatic rings. The zero-order valence-corrected chi connectivity index (χ0v) is 10.4. The molecule has 0 radical (unpaired) electrons. The van der Waals surface area contributed by atoms with Crippen LogP contribution in [0.25, 0.3) is 0 Å². The Morgan fingerprint density at radius 1 is 1.44 bits per heavy atom. The quantitative estimate of drug-likeness (QED) is 0.815. The number of nitrogens with one attached hydrogen (secondary N) is 1. The first-order valence-corrected chi connectivity index (χ1v) is 6.51. The maximum atomic E-state index is 12.2. The van der Waals surface area contributed by atoms with Gasteiger partial charge in [0.05, 0.1) is 12.2 Å². The van der Waals surface area contributed by atoms with Crippen LogP contribution in [0.5, 0.6) is 0 Å². The average molecular weight is 274 g/mol. The smallest absolute Gasteiger partial charge is 0.320 e. The Hall–Kier alpha value is -1.65. The third-order valence-corrected chi connectivity index (χ3v) is 3.03. The van der Waals surface area contributed by atoms with Gasteiger partial charge in [-0.15, -0.1) is 0 Å². The van der Waals surface area contributed by atoms with Crippen LogP contribution in [0.3, 0.4) is 0 Å². The lowest BCUT2D eigenvalue weighted by molar-refractivity contribution is 0.236. The van der Waals surface area contributed by atoms with Gasteiger partial charge < -0.3 is 5.73 Å². The highest BCUT2D eigenvalue weighted by Gasteiger charge is 2.24. The number of hydrogen-bond acceptors (Lipinski definition) is 3. The molecular weight excluding hydrogens is 262 g/mol. The minimum atomic E-state index is -4.67. The number of halogens is 2. The van der Waals surface area contributed by atoms with Crippen molar-refractivity contribution in [1.29, 1.82) is 0 Å². The fourth-order valence-electron chi connectivity index (χ4n) is 1.16. The maximum absolute atomic E-state index is 12.2. The molecule has 0 atom stereocenters. The molecule has 1 rings (SSSR count). The van der Waals surface area contributed by atoms with Crippen molar-refractivity contribution in [2.24, 2.45) is 5.73 Å². The van der Waals surface area contributed by atoms with Gasteiger partial charge in [-0.05, 0) is 24.6 Å². The second-order valence-electron chi connectivity index (χ2n) is 3.44. The summed E-state index contributed by atoms with van der Waals surface area (Å²) in [6.07, 6.45) is 0. The van der Waals surface area contributed by atoms with E-state index in [1.807, 2.05) is 4.72 Å². The molecule has 0 aromatic heterocycles. The van der Waals surface area contributed by atoms with Crippen LogP contribution in [0.2, 0.25) is 0 Å².